The fourth-order valence-corrected chi connectivity index (χ4v) is 2.66. The van der Waals surface area contributed by atoms with E-state index < -0.39 is 0 Å². The Bertz CT molecular complexity index is 408. The molecule has 1 aliphatic rings. The number of nitrogens with one attached hydrogen (secondary N) is 2. The van der Waals surface area contributed by atoms with Gasteiger partial charge in [-0.3, -0.25) is 4.79 Å². The second-order valence-electron chi connectivity index (χ2n) is 5.67. The summed E-state index contributed by atoms with van der Waals surface area (Å²) in [7, 11) is 0. The molecule has 110 valence electrons. The maximum Gasteiger partial charge on any atom is 0.220 e. The second-order valence-corrected chi connectivity index (χ2v) is 5.67. The van der Waals surface area contributed by atoms with Gasteiger partial charge >= 0.3 is 0 Å². The van der Waals surface area contributed by atoms with Gasteiger partial charge in [0.05, 0.1) is 0 Å². The summed E-state index contributed by atoms with van der Waals surface area (Å²) in [6.07, 6.45) is 4.84. The van der Waals surface area contributed by atoms with Crippen molar-refractivity contribution in [3.05, 3.63) is 35.4 Å². The van der Waals surface area contributed by atoms with Crippen molar-refractivity contribution in [1.29, 1.82) is 0 Å². The molecule has 0 spiro atoms. The van der Waals surface area contributed by atoms with Gasteiger partial charge in [-0.15, -0.1) is 0 Å². The minimum absolute atomic E-state index is 0.176. The molecule has 0 bridgehead atoms. The average molecular weight is 274 g/mol. The molecule has 3 nitrogen and oxygen atoms in total. The van der Waals surface area contributed by atoms with E-state index in [0.29, 0.717) is 6.42 Å². The van der Waals surface area contributed by atoms with Gasteiger partial charge in [0.1, 0.15) is 0 Å². The highest BCUT2D eigenvalue weighted by Crippen LogP contribution is 2.11. The fraction of sp³-hybridized carbons (Fsp3) is 0.588. The van der Waals surface area contributed by atoms with Gasteiger partial charge in [-0.2, -0.15) is 0 Å². The molecule has 0 aliphatic carbocycles. The first-order valence-corrected chi connectivity index (χ1v) is 7.83. The molecule has 1 saturated heterocycles. The van der Waals surface area contributed by atoms with E-state index in [1.807, 2.05) is 0 Å². The summed E-state index contributed by atoms with van der Waals surface area (Å²) in [5.74, 6) is 0.924. The van der Waals surface area contributed by atoms with Crippen molar-refractivity contribution in [2.75, 3.05) is 19.6 Å². The van der Waals surface area contributed by atoms with Gasteiger partial charge in [-0.1, -0.05) is 31.2 Å². The molecule has 1 heterocycles. The monoisotopic (exact) mass is 274 g/mol. The van der Waals surface area contributed by atoms with E-state index in [9.17, 15) is 4.79 Å². The zero-order chi connectivity index (χ0) is 14.2. The van der Waals surface area contributed by atoms with Crippen LogP contribution in [-0.2, 0) is 17.6 Å². The predicted octanol–water partition coefficient (Wildman–Crippen LogP) is 2.30. The Morgan fingerprint density at radius 3 is 2.70 bits per heavy atom. The van der Waals surface area contributed by atoms with Crippen LogP contribution in [0.15, 0.2) is 24.3 Å². The van der Waals surface area contributed by atoms with Crippen molar-refractivity contribution in [1.82, 2.24) is 10.6 Å². The van der Waals surface area contributed by atoms with Crippen molar-refractivity contribution in [3.8, 4) is 0 Å². The summed E-state index contributed by atoms with van der Waals surface area (Å²) in [6.45, 7) is 5.22. The summed E-state index contributed by atoms with van der Waals surface area (Å²) in [6, 6.07) is 8.58. The van der Waals surface area contributed by atoms with Crippen molar-refractivity contribution in [2.24, 2.45) is 5.92 Å². The van der Waals surface area contributed by atoms with E-state index in [-0.39, 0.29) is 5.91 Å². The van der Waals surface area contributed by atoms with E-state index >= 15 is 0 Å². The summed E-state index contributed by atoms with van der Waals surface area (Å²) in [5.41, 5.74) is 2.60. The molecule has 1 aromatic rings. The first-order chi connectivity index (χ1) is 9.78. The molecule has 1 unspecified atom stereocenters. The van der Waals surface area contributed by atoms with Crippen LogP contribution in [0.5, 0.6) is 0 Å². The molecule has 1 aromatic carbocycles. The normalized spacial score (nSPS) is 18.1. The first kappa shape index (κ1) is 15.0. The standard InChI is InChI=1S/C17H26N2O/c1-2-14-3-5-15(6-4-14)7-8-17(20)19-12-10-16-9-11-18-13-16/h3-6,16,18H,2,7-13H2,1H3,(H,19,20). The van der Waals surface area contributed by atoms with E-state index in [1.54, 1.807) is 0 Å². The lowest BCUT2D eigenvalue weighted by Gasteiger charge is -2.09. The molecule has 1 atom stereocenters. The Kier molecular flexibility index (Phi) is 6.06. The van der Waals surface area contributed by atoms with Crippen LogP contribution in [0, 0.1) is 5.92 Å². The maximum atomic E-state index is 11.8. The van der Waals surface area contributed by atoms with Gasteiger partial charge in [0.15, 0.2) is 0 Å². The van der Waals surface area contributed by atoms with Crippen molar-refractivity contribution in [2.45, 2.75) is 39.0 Å². The largest absolute Gasteiger partial charge is 0.356 e. The highest BCUT2D eigenvalue weighted by Gasteiger charge is 2.13. The van der Waals surface area contributed by atoms with E-state index in [0.717, 1.165) is 44.8 Å². The molecule has 0 saturated carbocycles. The minimum Gasteiger partial charge on any atom is -0.356 e. The summed E-state index contributed by atoms with van der Waals surface area (Å²) in [5, 5.41) is 6.39. The van der Waals surface area contributed by atoms with Crippen molar-refractivity contribution >= 4 is 5.91 Å². The van der Waals surface area contributed by atoms with Gasteiger partial charge in [0, 0.05) is 13.0 Å². The highest BCUT2D eigenvalue weighted by molar-refractivity contribution is 5.76. The van der Waals surface area contributed by atoms with E-state index in [4.69, 9.17) is 0 Å². The highest BCUT2D eigenvalue weighted by atomic mass is 16.1. The molecule has 0 radical (unpaired) electrons. The third-order valence-corrected chi connectivity index (χ3v) is 4.11. The molecule has 1 fully saturated rings. The van der Waals surface area contributed by atoms with Gasteiger partial charge in [-0.05, 0) is 55.8 Å². The molecule has 2 N–H and O–H groups in total. The first-order valence-electron chi connectivity index (χ1n) is 7.83. The van der Waals surface area contributed by atoms with Crippen LogP contribution in [0.3, 0.4) is 0 Å². The molecule has 1 amide bonds. The summed E-state index contributed by atoms with van der Waals surface area (Å²) in [4.78, 5) is 11.8. The Hall–Kier alpha value is -1.35. The molecule has 0 aromatic heterocycles. The molecule has 1 aliphatic heterocycles. The van der Waals surface area contributed by atoms with Crippen molar-refractivity contribution in [3.63, 3.8) is 0 Å². The number of carbonyl (C=O) groups excluding carboxylic acids is 1. The van der Waals surface area contributed by atoms with Crippen LogP contribution < -0.4 is 10.6 Å². The van der Waals surface area contributed by atoms with Gasteiger partial charge in [0.25, 0.3) is 0 Å². The Morgan fingerprint density at radius 1 is 1.30 bits per heavy atom. The number of hydrogen-bond donors (Lipinski definition) is 2. The lowest BCUT2D eigenvalue weighted by atomic mass is 10.0. The zero-order valence-corrected chi connectivity index (χ0v) is 12.5. The summed E-state index contributed by atoms with van der Waals surface area (Å²) < 4.78 is 0. The van der Waals surface area contributed by atoms with Crippen LogP contribution >= 0.6 is 0 Å². The number of aryl methyl sites for hydroxylation is 2. The average Bonchev–Trinajstić information content (AvgIpc) is 2.99. The zero-order valence-electron chi connectivity index (χ0n) is 12.5. The van der Waals surface area contributed by atoms with Crippen LogP contribution in [0.4, 0.5) is 0 Å². The molecular weight excluding hydrogens is 248 g/mol. The second kappa shape index (κ2) is 8.05. The molecule has 2 rings (SSSR count). The smallest absolute Gasteiger partial charge is 0.220 e. The molecule has 3 heteroatoms. The lowest BCUT2D eigenvalue weighted by molar-refractivity contribution is -0.121. The Morgan fingerprint density at radius 2 is 2.05 bits per heavy atom. The topological polar surface area (TPSA) is 41.1 Å². The number of amides is 1. The SMILES string of the molecule is CCc1ccc(CCC(=O)NCCC2CCNC2)cc1. The van der Waals surface area contributed by atoms with E-state index in [2.05, 4.69) is 41.8 Å². The maximum absolute atomic E-state index is 11.8. The number of rotatable bonds is 7. The van der Waals surface area contributed by atoms with Crippen molar-refractivity contribution < 1.29 is 4.79 Å². The quantitative estimate of drug-likeness (QED) is 0.801. The number of benzene rings is 1. The van der Waals surface area contributed by atoms with Gasteiger partial charge < -0.3 is 10.6 Å². The van der Waals surface area contributed by atoms with Crippen LogP contribution in [0.1, 0.15) is 37.3 Å². The van der Waals surface area contributed by atoms with Gasteiger partial charge in [-0.25, -0.2) is 0 Å². The number of hydrogen-bond acceptors (Lipinski definition) is 2. The lowest BCUT2D eigenvalue weighted by Crippen LogP contribution is -2.26. The summed E-state index contributed by atoms with van der Waals surface area (Å²) >= 11 is 0. The fourth-order valence-electron chi connectivity index (χ4n) is 2.66. The van der Waals surface area contributed by atoms with Crippen LogP contribution in [0.2, 0.25) is 0 Å². The predicted molar refractivity (Wildman–Crippen MR) is 82.7 cm³/mol. The Balaban J connectivity index is 1.61. The minimum atomic E-state index is 0.176. The molecular formula is C17H26N2O. The third kappa shape index (κ3) is 4.97. The van der Waals surface area contributed by atoms with Crippen LogP contribution in [0.25, 0.3) is 0 Å². The molecule has 20 heavy (non-hydrogen) atoms. The van der Waals surface area contributed by atoms with Gasteiger partial charge in [0.2, 0.25) is 5.91 Å². The van der Waals surface area contributed by atoms with Crippen LogP contribution in [-0.4, -0.2) is 25.5 Å². The number of carbonyl (C=O) groups is 1. The Labute approximate surface area is 122 Å². The van der Waals surface area contributed by atoms with E-state index in [1.165, 1.54) is 17.5 Å². The third-order valence-electron chi connectivity index (χ3n) is 4.11.